The lowest BCUT2D eigenvalue weighted by atomic mass is 10.1. The van der Waals surface area contributed by atoms with Crippen molar-refractivity contribution in [2.75, 3.05) is 44.2 Å². The molecule has 0 spiro atoms. The van der Waals surface area contributed by atoms with Crippen LogP contribution in [0.15, 0.2) is 24.3 Å². The van der Waals surface area contributed by atoms with E-state index in [2.05, 4.69) is 27.9 Å². The van der Waals surface area contributed by atoms with E-state index in [9.17, 15) is 4.79 Å². The topological polar surface area (TPSA) is 26.8 Å². The maximum Gasteiger partial charge on any atom is 0.244 e. The van der Waals surface area contributed by atoms with Crippen molar-refractivity contribution in [2.24, 2.45) is 0 Å². The highest BCUT2D eigenvalue weighted by molar-refractivity contribution is 5.98. The number of terminal acetylenes is 1. The summed E-state index contributed by atoms with van der Waals surface area (Å²) in [4.78, 5) is 19.6. The summed E-state index contributed by atoms with van der Waals surface area (Å²) >= 11 is 0. The Morgan fingerprint density at radius 3 is 2.70 bits per heavy atom. The molecule has 1 amide bonds. The summed E-state index contributed by atoms with van der Waals surface area (Å²) < 4.78 is 0. The molecule has 4 nitrogen and oxygen atoms in total. The number of rotatable bonds is 4. The number of fused-ring (bicyclic) bond motifs is 1. The van der Waals surface area contributed by atoms with Crippen molar-refractivity contribution in [1.82, 2.24) is 9.80 Å². The third-order valence-electron chi connectivity index (χ3n) is 5.04. The number of piperazine rings is 1. The van der Waals surface area contributed by atoms with Crippen LogP contribution >= 0.6 is 0 Å². The van der Waals surface area contributed by atoms with Gasteiger partial charge in [-0.2, -0.15) is 0 Å². The van der Waals surface area contributed by atoms with Gasteiger partial charge in [-0.25, -0.2) is 0 Å². The van der Waals surface area contributed by atoms with Crippen molar-refractivity contribution in [3.8, 4) is 12.3 Å². The Kier molecular flexibility index (Phi) is 5.00. The molecule has 2 heterocycles. The van der Waals surface area contributed by atoms with Crippen LogP contribution in [-0.4, -0.2) is 61.0 Å². The minimum atomic E-state index is -0.0593. The van der Waals surface area contributed by atoms with Crippen LogP contribution in [0, 0.1) is 12.3 Å². The minimum absolute atomic E-state index is 0.0593. The van der Waals surface area contributed by atoms with E-state index in [0.717, 1.165) is 57.8 Å². The third-order valence-corrected chi connectivity index (χ3v) is 5.04. The van der Waals surface area contributed by atoms with Gasteiger partial charge in [0.05, 0.1) is 6.04 Å². The first-order valence-corrected chi connectivity index (χ1v) is 8.50. The van der Waals surface area contributed by atoms with Crippen molar-refractivity contribution in [3.63, 3.8) is 0 Å². The normalized spacial score (nSPS) is 20.1. The molecule has 0 radical (unpaired) electrons. The number of carbonyl (C=O) groups is 1. The van der Waals surface area contributed by atoms with E-state index in [-0.39, 0.29) is 11.9 Å². The summed E-state index contributed by atoms with van der Waals surface area (Å²) in [6.07, 6.45) is 7.10. The third kappa shape index (κ3) is 3.41. The van der Waals surface area contributed by atoms with Gasteiger partial charge in [-0.3, -0.25) is 14.6 Å². The molecule has 1 saturated heterocycles. The van der Waals surface area contributed by atoms with Gasteiger partial charge in [-0.1, -0.05) is 18.2 Å². The second-order valence-corrected chi connectivity index (χ2v) is 6.38. The monoisotopic (exact) mass is 311 g/mol. The predicted octanol–water partition coefficient (Wildman–Crippen LogP) is 1.61. The van der Waals surface area contributed by atoms with Crippen LogP contribution in [0.4, 0.5) is 5.69 Å². The highest BCUT2D eigenvalue weighted by Gasteiger charge is 2.32. The molecule has 4 heteroatoms. The minimum Gasteiger partial charge on any atom is -0.310 e. The zero-order valence-electron chi connectivity index (χ0n) is 13.9. The van der Waals surface area contributed by atoms with Gasteiger partial charge in [0, 0.05) is 51.4 Å². The molecule has 0 saturated carbocycles. The lowest BCUT2D eigenvalue weighted by Gasteiger charge is -2.38. The van der Waals surface area contributed by atoms with E-state index in [0.29, 0.717) is 0 Å². The molecule has 1 unspecified atom stereocenters. The second-order valence-electron chi connectivity index (χ2n) is 6.38. The molecule has 0 N–H and O–H groups in total. The summed E-state index contributed by atoms with van der Waals surface area (Å²) in [5.41, 5.74) is 2.38. The molecule has 2 aliphatic rings. The van der Waals surface area contributed by atoms with Crippen molar-refractivity contribution in [3.05, 3.63) is 29.8 Å². The van der Waals surface area contributed by atoms with Gasteiger partial charge in [0.25, 0.3) is 0 Å². The van der Waals surface area contributed by atoms with Gasteiger partial charge in [-0.05, 0) is 25.0 Å². The molecule has 1 aromatic rings. The van der Waals surface area contributed by atoms with Crippen molar-refractivity contribution >= 4 is 11.6 Å². The summed E-state index contributed by atoms with van der Waals surface area (Å²) in [6, 6.07) is 8.18. The number of hydrogen-bond acceptors (Lipinski definition) is 3. The fourth-order valence-corrected chi connectivity index (χ4v) is 3.55. The highest BCUT2D eigenvalue weighted by Crippen LogP contribution is 2.28. The Morgan fingerprint density at radius 1 is 1.22 bits per heavy atom. The van der Waals surface area contributed by atoms with Crippen molar-refractivity contribution in [2.45, 2.75) is 25.8 Å². The molecule has 1 aromatic carbocycles. The quantitative estimate of drug-likeness (QED) is 0.791. The number of hydrogen-bond donors (Lipinski definition) is 0. The zero-order valence-corrected chi connectivity index (χ0v) is 13.9. The van der Waals surface area contributed by atoms with Crippen LogP contribution < -0.4 is 4.90 Å². The van der Waals surface area contributed by atoms with E-state index in [1.54, 1.807) is 0 Å². The van der Waals surface area contributed by atoms with Crippen LogP contribution in [0.1, 0.15) is 18.9 Å². The Bertz CT molecular complexity index is 599. The zero-order chi connectivity index (χ0) is 16.2. The fourth-order valence-electron chi connectivity index (χ4n) is 3.55. The molecule has 23 heavy (non-hydrogen) atoms. The predicted molar refractivity (Wildman–Crippen MR) is 93.4 cm³/mol. The maximum atomic E-state index is 12.9. The molecular formula is C19H25N3O. The second kappa shape index (κ2) is 7.16. The van der Waals surface area contributed by atoms with Crippen LogP contribution in [-0.2, 0) is 11.2 Å². The molecule has 3 rings (SSSR count). The number of anilines is 1. The van der Waals surface area contributed by atoms with Crippen LogP contribution in [0.5, 0.6) is 0 Å². The van der Waals surface area contributed by atoms with Gasteiger partial charge < -0.3 is 4.90 Å². The molecule has 0 bridgehead atoms. The van der Waals surface area contributed by atoms with Gasteiger partial charge >= 0.3 is 0 Å². The van der Waals surface area contributed by atoms with Crippen molar-refractivity contribution in [1.29, 1.82) is 0 Å². The Labute approximate surface area is 139 Å². The first-order chi connectivity index (χ1) is 11.2. The molecule has 1 atom stereocenters. The molecule has 122 valence electrons. The summed E-state index contributed by atoms with van der Waals surface area (Å²) in [5.74, 6) is 2.93. The SMILES string of the molecule is C#CCCN1CCN(C(C)C(=O)N2CCc3ccccc32)CC1. The fraction of sp³-hybridized carbons (Fsp3) is 0.526. The summed E-state index contributed by atoms with van der Waals surface area (Å²) in [6.45, 7) is 7.68. The number of carbonyl (C=O) groups excluding carboxylic acids is 1. The Balaban J connectivity index is 1.58. The number of nitrogens with zero attached hydrogens (tertiary/aromatic N) is 3. The number of para-hydroxylation sites is 1. The lowest BCUT2D eigenvalue weighted by molar-refractivity contribution is -0.123. The van der Waals surface area contributed by atoms with E-state index >= 15 is 0 Å². The summed E-state index contributed by atoms with van der Waals surface area (Å²) in [7, 11) is 0. The summed E-state index contributed by atoms with van der Waals surface area (Å²) in [5, 5.41) is 0. The average Bonchev–Trinajstić information content (AvgIpc) is 3.03. The Hall–Kier alpha value is -1.83. The first-order valence-electron chi connectivity index (χ1n) is 8.50. The van der Waals surface area contributed by atoms with Crippen molar-refractivity contribution < 1.29 is 4.79 Å². The van der Waals surface area contributed by atoms with Gasteiger partial charge in [0.1, 0.15) is 0 Å². The van der Waals surface area contributed by atoms with Crippen LogP contribution in [0.2, 0.25) is 0 Å². The van der Waals surface area contributed by atoms with Gasteiger partial charge in [-0.15, -0.1) is 12.3 Å². The molecule has 0 aliphatic carbocycles. The highest BCUT2D eigenvalue weighted by atomic mass is 16.2. The Morgan fingerprint density at radius 2 is 1.96 bits per heavy atom. The molecule has 1 fully saturated rings. The lowest BCUT2D eigenvalue weighted by Crippen LogP contribution is -2.54. The van der Waals surface area contributed by atoms with E-state index in [1.165, 1.54) is 5.56 Å². The average molecular weight is 311 g/mol. The maximum absolute atomic E-state index is 12.9. The molecular weight excluding hydrogens is 286 g/mol. The first kappa shape index (κ1) is 16.0. The number of benzene rings is 1. The molecule has 0 aromatic heterocycles. The van der Waals surface area contributed by atoms with Gasteiger partial charge in [0.15, 0.2) is 0 Å². The standard InChI is InChI=1S/C19H25N3O/c1-3-4-10-20-12-14-21(15-13-20)16(2)19(23)22-11-9-17-7-5-6-8-18(17)22/h1,5-8,16H,4,9-15H2,2H3. The molecule has 2 aliphatic heterocycles. The smallest absolute Gasteiger partial charge is 0.244 e. The van der Waals surface area contributed by atoms with E-state index in [1.807, 2.05) is 24.0 Å². The van der Waals surface area contributed by atoms with E-state index < -0.39 is 0 Å². The largest absolute Gasteiger partial charge is 0.310 e. The van der Waals surface area contributed by atoms with E-state index in [4.69, 9.17) is 6.42 Å². The van der Waals surface area contributed by atoms with Crippen LogP contribution in [0.25, 0.3) is 0 Å². The van der Waals surface area contributed by atoms with Gasteiger partial charge in [0.2, 0.25) is 5.91 Å². The van der Waals surface area contributed by atoms with Crippen LogP contribution in [0.3, 0.4) is 0 Å². The number of amides is 1.